The van der Waals surface area contributed by atoms with E-state index in [4.69, 9.17) is 4.42 Å². The Morgan fingerprint density at radius 3 is 2.89 bits per heavy atom. The molecule has 1 amide bonds. The standard InChI is InChI=1S/C15H24N2O2/c18-15(8-7-14-6-4-13-19-14)16-9-5-12-17-10-2-1-3-11-17/h4,6,13H,1-3,5,7-12H2,(H,16,18). The number of nitrogens with zero attached hydrogens (tertiary/aromatic N) is 1. The average Bonchev–Trinajstić information content (AvgIpc) is 2.96. The van der Waals surface area contributed by atoms with Crippen molar-refractivity contribution in [1.29, 1.82) is 0 Å². The average molecular weight is 264 g/mol. The highest BCUT2D eigenvalue weighted by molar-refractivity contribution is 5.75. The Bertz CT molecular complexity index is 356. The van der Waals surface area contributed by atoms with Gasteiger partial charge in [0.2, 0.25) is 5.91 Å². The molecule has 1 saturated heterocycles. The second kappa shape index (κ2) is 8.00. The SMILES string of the molecule is O=C(CCc1ccco1)NCCCN1CCCCC1. The van der Waals surface area contributed by atoms with Crippen molar-refractivity contribution < 1.29 is 9.21 Å². The van der Waals surface area contributed by atoms with Gasteiger partial charge in [0, 0.05) is 19.4 Å². The van der Waals surface area contributed by atoms with Crippen LogP contribution in [0.1, 0.15) is 37.9 Å². The number of nitrogens with one attached hydrogen (secondary N) is 1. The molecule has 19 heavy (non-hydrogen) atoms. The number of hydrogen-bond acceptors (Lipinski definition) is 3. The summed E-state index contributed by atoms with van der Waals surface area (Å²) in [5.74, 6) is 0.999. The van der Waals surface area contributed by atoms with Crippen molar-refractivity contribution in [3.05, 3.63) is 24.2 Å². The van der Waals surface area contributed by atoms with Gasteiger partial charge in [-0.1, -0.05) is 6.42 Å². The maximum atomic E-state index is 11.6. The number of rotatable bonds is 7. The first-order chi connectivity index (χ1) is 9.34. The lowest BCUT2D eigenvalue weighted by atomic mass is 10.1. The number of aryl methyl sites for hydroxylation is 1. The van der Waals surface area contributed by atoms with Crippen LogP contribution in [-0.4, -0.2) is 37.0 Å². The van der Waals surface area contributed by atoms with E-state index >= 15 is 0 Å². The van der Waals surface area contributed by atoms with Crippen molar-refractivity contribution in [3.63, 3.8) is 0 Å². The van der Waals surface area contributed by atoms with E-state index in [0.29, 0.717) is 12.8 Å². The maximum Gasteiger partial charge on any atom is 0.220 e. The lowest BCUT2D eigenvalue weighted by Gasteiger charge is -2.26. The van der Waals surface area contributed by atoms with Crippen LogP contribution in [0.2, 0.25) is 0 Å². The van der Waals surface area contributed by atoms with Crippen LogP contribution in [-0.2, 0) is 11.2 Å². The van der Waals surface area contributed by atoms with E-state index < -0.39 is 0 Å². The predicted molar refractivity (Wildman–Crippen MR) is 74.9 cm³/mol. The highest BCUT2D eigenvalue weighted by Gasteiger charge is 2.09. The van der Waals surface area contributed by atoms with Gasteiger partial charge in [0.05, 0.1) is 6.26 Å². The quantitative estimate of drug-likeness (QED) is 0.768. The Labute approximate surface area is 115 Å². The van der Waals surface area contributed by atoms with Crippen LogP contribution >= 0.6 is 0 Å². The summed E-state index contributed by atoms with van der Waals surface area (Å²) in [6.45, 7) is 4.35. The van der Waals surface area contributed by atoms with Gasteiger partial charge in [-0.2, -0.15) is 0 Å². The predicted octanol–water partition coefficient (Wildman–Crippen LogP) is 2.20. The number of furan rings is 1. The first-order valence-corrected chi connectivity index (χ1v) is 7.36. The summed E-state index contributed by atoms with van der Waals surface area (Å²) < 4.78 is 5.20. The van der Waals surface area contributed by atoms with Crippen molar-refractivity contribution in [2.45, 2.75) is 38.5 Å². The molecule has 1 fully saturated rings. The van der Waals surface area contributed by atoms with Crippen molar-refractivity contribution >= 4 is 5.91 Å². The van der Waals surface area contributed by atoms with E-state index in [0.717, 1.165) is 25.3 Å². The number of amides is 1. The molecule has 1 aromatic rings. The minimum absolute atomic E-state index is 0.120. The fourth-order valence-corrected chi connectivity index (χ4v) is 2.49. The van der Waals surface area contributed by atoms with Crippen LogP contribution in [0.5, 0.6) is 0 Å². The summed E-state index contributed by atoms with van der Waals surface area (Å²) in [4.78, 5) is 14.1. The summed E-state index contributed by atoms with van der Waals surface area (Å²) in [7, 11) is 0. The number of carbonyl (C=O) groups excluding carboxylic acids is 1. The molecule has 1 aromatic heterocycles. The largest absolute Gasteiger partial charge is 0.469 e. The molecule has 4 nitrogen and oxygen atoms in total. The molecule has 1 aliphatic rings. The van der Waals surface area contributed by atoms with Gasteiger partial charge in [-0.25, -0.2) is 0 Å². The Hall–Kier alpha value is -1.29. The van der Waals surface area contributed by atoms with Crippen LogP contribution in [0.25, 0.3) is 0 Å². The third kappa shape index (κ3) is 5.47. The van der Waals surface area contributed by atoms with Crippen LogP contribution in [0, 0.1) is 0 Å². The Morgan fingerprint density at radius 2 is 2.16 bits per heavy atom. The first-order valence-electron chi connectivity index (χ1n) is 7.36. The molecule has 0 saturated carbocycles. The van der Waals surface area contributed by atoms with Crippen LogP contribution in [0.4, 0.5) is 0 Å². The van der Waals surface area contributed by atoms with Gasteiger partial charge in [0.15, 0.2) is 0 Å². The van der Waals surface area contributed by atoms with E-state index in [2.05, 4.69) is 10.2 Å². The lowest BCUT2D eigenvalue weighted by molar-refractivity contribution is -0.121. The molecule has 1 aliphatic heterocycles. The number of likely N-dealkylation sites (tertiary alicyclic amines) is 1. The highest BCUT2D eigenvalue weighted by atomic mass is 16.3. The van der Waals surface area contributed by atoms with E-state index in [1.165, 1.54) is 32.4 Å². The normalized spacial score (nSPS) is 16.4. The summed E-state index contributed by atoms with van der Waals surface area (Å²) >= 11 is 0. The summed E-state index contributed by atoms with van der Waals surface area (Å²) in [5, 5.41) is 2.98. The second-order valence-electron chi connectivity index (χ2n) is 5.19. The smallest absolute Gasteiger partial charge is 0.220 e. The molecular weight excluding hydrogens is 240 g/mol. The molecule has 2 rings (SSSR count). The molecule has 0 spiro atoms. The van der Waals surface area contributed by atoms with Crippen molar-refractivity contribution in [2.75, 3.05) is 26.2 Å². The molecule has 0 bridgehead atoms. The molecule has 0 radical (unpaired) electrons. The topological polar surface area (TPSA) is 45.5 Å². The second-order valence-corrected chi connectivity index (χ2v) is 5.19. The molecule has 1 N–H and O–H groups in total. The van der Waals surface area contributed by atoms with E-state index in [-0.39, 0.29) is 5.91 Å². The van der Waals surface area contributed by atoms with E-state index in [9.17, 15) is 4.79 Å². The molecular formula is C15H24N2O2. The van der Waals surface area contributed by atoms with Gasteiger partial charge < -0.3 is 14.6 Å². The zero-order chi connectivity index (χ0) is 13.3. The van der Waals surface area contributed by atoms with E-state index in [1.54, 1.807) is 6.26 Å². The molecule has 0 atom stereocenters. The third-order valence-electron chi connectivity index (χ3n) is 3.60. The third-order valence-corrected chi connectivity index (χ3v) is 3.60. The fraction of sp³-hybridized carbons (Fsp3) is 0.667. The van der Waals surface area contributed by atoms with Gasteiger partial charge in [-0.3, -0.25) is 4.79 Å². The van der Waals surface area contributed by atoms with Crippen molar-refractivity contribution in [1.82, 2.24) is 10.2 Å². The molecule has 106 valence electrons. The number of carbonyl (C=O) groups is 1. The first kappa shape index (κ1) is 14.1. The Kier molecular flexibility index (Phi) is 5.95. The molecule has 0 aliphatic carbocycles. The Balaban J connectivity index is 1.49. The van der Waals surface area contributed by atoms with Gasteiger partial charge in [-0.05, 0) is 51.0 Å². The Morgan fingerprint density at radius 1 is 1.32 bits per heavy atom. The number of hydrogen-bond donors (Lipinski definition) is 1. The molecule has 2 heterocycles. The van der Waals surface area contributed by atoms with Crippen LogP contribution in [0.3, 0.4) is 0 Å². The monoisotopic (exact) mass is 264 g/mol. The fourth-order valence-electron chi connectivity index (χ4n) is 2.49. The summed E-state index contributed by atoms with van der Waals surface area (Å²) in [6.07, 6.45) is 7.92. The molecule has 0 aromatic carbocycles. The maximum absolute atomic E-state index is 11.6. The van der Waals surface area contributed by atoms with Crippen LogP contribution < -0.4 is 5.32 Å². The number of piperidine rings is 1. The van der Waals surface area contributed by atoms with Gasteiger partial charge in [0.1, 0.15) is 5.76 Å². The summed E-state index contributed by atoms with van der Waals surface area (Å²) in [5.41, 5.74) is 0. The van der Waals surface area contributed by atoms with Gasteiger partial charge in [-0.15, -0.1) is 0 Å². The van der Waals surface area contributed by atoms with Crippen LogP contribution in [0.15, 0.2) is 22.8 Å². The zero-order valence-electron chi connectivity index (χ0n) is 11.6. The van der Waals surface area contributed by atoms with Gasteiger partial charge in [0.25, 0.3) is 0 Å². The molecule has 4 heteroatoms. The van der Waals surface area contributed by atoms with Crippen molar-refractivity contribution in [2.24, 2.45) is 0 Å². The van der Waals surface area contributed by atoms with Gasteiger partial charge >= 0.3 is 0 Å². The minimum Gasteiger partial charge on any atom is -0.469 e. The molecule has 0 unspecified atom stereocenters. The minimum atomic E-state index is 0.120. The summed E-state index contributed by atoms with van der Waals surface area (Å²) in [6, 6.07) is 3.76. The van der Waals surface area contributed by atoms with Crippen molar-refractivity contribution in [3.8, 4) is 0 Å². The lowest BCUT2D eigenvalue weighted by Crippen LogP contribution is -2.33. The van der Waals surface area contributed by atoms with E-state index in [1.807, 2.05) is 12.1 Å². The highest BCUT2D eigenvalue weighted by Crippen LogP contribution is 2.08. The zero-order valence-corrected chi connectivity index (χ0v) is 11.6.